The molecule has 6 heterocycles. The molecule has 51 heavy (non-hydrogen) atoms. The number of hydrogen-bond donors (Lipinski definition) is 3. The van der Waals surface area contributed by atoms with E-state index in [2.05, 4.69) is 26.0 Å². The average Bonchev–Trinajstić information content (AvgIpc) is 3.72. The van der Waals surface area contributed by atoms with Crippen molar-refractivity contribution < 1.29 is 33.6 Å². The summed E-state index contributed by atoms with van der Waals surface area (Å²) in [6.07, 6.45) is 11.9. The van der Waals surface area contributed by atoms with Crippen LogP contribution in [0.3, 0.4) is 0 Å². The number of methoxy groups -OCH3 is 1. The molecular formula is C36H41ClFN7O6. The largest absolute Gasteiger partial charge is 0.480 e. The minimum atomic E-state index is -1.74. The molecule has 8 rings (SSSR count). The molecule has 0 amide bonds. The number of anilines is 1. The number of halogens is 2. The number of benzene rings is 1. The van der Waals surface area contributed by atoms with Crippen LogP contribution in [0, 0.1) is 30.5 Å². The van der Waals surface area contributed by atoms with Crippen LogP contribution in [0.5, 0.6) is 11.9 Å². The third-order valence-electron chi connectivity index (χ3n) is 11.2. The SMILES string of the molecule is C#C[C@@]1(O)CO[C@@H](CO)CN(c2nc(OC[C@]34CCCC3N(C3COC3)CCC4)nc3c(F)c(-c4c(C)c(Cl)cc5[nH]ncc45)nc(OC)c23)C1. The second-order valence-electron chi connectivity index (χ2n) is 14.3. The summed E-state index contributed by atoms with van der Waals surface area (Å²) in [5.74, 6) is 1.89. The zero-order valence-corrected chi connectivity index (χ0v) is 29.4. The van der Waals surface area contributed by atoms with Gasteiger partial charge in [-0.1, -0.05) is 23.9 Å². The van der Waals surface area contributed by atoms with Crippen molar-refractivity contribution in [3.8, 4) is 35.5 Å². The summed E-state index contributed by atoms with van der Waals surface area (Å²) in [7, 11) is 1.43. The van der Waals surface area contributed by atoms with Gasteiger partial charge in [-0.3, -0.25) is 10.00 Å². The molecule has 15 heteroatoms. The lowest BCUT2D eigenvalue weighted by Gasteiger charge is -2.51. The highest BCUT2D eigenvalue weighted by atomic mass is 35.5. The Morgan fingerprint density at radius 3 is 2.80 bits per heavy atom. The number of aromatic amines is 1. The minimum Gasteiger partial charge on any atom is -0.480 e. The van der Waals surface area contributed by atoms with Crippen LogP contribution in [-0.2, 0) is 9.47 Å². The molecule has 1 saturated carbocycles. The number of likely N-dealkylation sites (tertiary alicyclic amines) is 1. The first kappa shape index (κ1) is 34.3. The van der Waals surface area contributed by atoms with Crippen molar-refractivity contribution >= 4 is 39.2 Å². The quantitative estimate of drug-likeness (QED) is 0.228. The number of fused-ring (bicyclic) bond motifs is 3. The lowest BCUT2D eigenvalue weighted by molar-refractivity contribution is -0.115. The van der Waals surface area contributed by atoms with Crippen LogP contribution in [0.1, 0.15) is 37.7 Å². The van der Waals surface area contributed by atoms with Crippen molar-refractivity contribution in [2.45, 2.75) is 62.8 Å². The molecule has 4 aliphatic rings. The number of β-amino-alcohol motifs (C(OH)–C–C–N with tert-alkyl or cyclic N) is 1. The van der Waals surface area contributed by atoms with Crippen LogP contribution < -0.4 is 14.4 Å². The van der Waals surface area contributed by atoms with Crippen LogP contribution in [0.15, 0.2) is 12.3 Å². The highest BCUT2D eigenvalue weighted by molar-refractivity contribution is 6.33. The lowest BCUT2D eigenvalue weighted by Crippen LogP contribution is -2.60. The van der Waals surface area contributed by atoms with Gasteiger partial charge < -0.3 is 34.1 Å². The van der Waals surface area contributed by atoms with Crippen LogP contribution in [0.2, 0.25) is 5.02 Å². The van der Waals surface area contributed by atoms with Gasteiger partial charge in [0.1, 0.15) is 22.4 Å². The zero-order valence-electron chi connectivity index (χ0n) is 28.6. The van der Waals surface area contributed by atoms with Crippen molar-refractivity contribution in [2.24, 2.45) is 5.41 Å². The minimum absolute atomic E-state index is 0.0333. The number of terminal acetylenes is 1. The maximum absolute atomic E-state index is 17.3. The first-order valence-corrected chi connectivity index (χ1v) is 17.8. The smallest absolute Gasteiger partial charge is 0.319 e. The second kappa shape index (κ2) is 13.3. The van der Waals surface area contributed by atoms with E-state index < -0.39 is 17.5 Å². The highest BCUT2D eigenvalue weighted by Gasteiger charge is 2.51. The van der Waals surface area contributed by atoms with Crippen molar-refractivity contribution in [3.63, 3.8) is 0 Å². The van der Waals surface area contributed by atoms with E-state index in [0.29, 0.717) is 45.7 Å². The average molecular weight is 722 g/mol. The van der Waals surface area contributed by atoms with Gasteiger partial charge >= 0.3 is 6.01 Å². The number of hydrogen-bond acceptors (Lipinski definition) is 12. The number of aliphatic hydroxyl groups is 2. The number of rotatable bonds is 8. The Morgan fingerprint density at radius 2 is 2.06 bits per heavy atom. The fraction of sp³-hybridized carbons (Fsp3) is 0.556. The summed E-state index contributed by atoms with van der Waals surface area (Å²) in [5, 5.41) is 29.7. The van der Waals surface area contributed by atoms with Crippen molar-refractivity contribution in [3.05, 3.63) is 28.7 Å². The van der Waals surface area contributed by atoms with E-state index in [1.54, 1.807) is 24.1 Å². The molecule has 3 aliphatic heterocycles. The molecule has 1 aliphatic carbocycles. The van der Waals surface area contributed by atoms with E-state index in [-0.39, 0.29) is 66.0 Å². The van der Waals surface area contributed by atoms with Gasteiger partial charge in [0.15, 0.2) is 11.4 Å². The van der Waals surface area contributed by atoms with Gasteiger partial charge in [0.2, 0.25) is 5.88 Å². The lowest BCUT2D eigenvalue weighted by atomic mass is 9.75. The van der Waals surface area contributed by atoms with E-state index in [0.717, 1.165) is 51.9 Å². The molecule has 0 spiro atoms. The molecule has 4 aromatic rings. The Labute approximate surface area is 299 Å². The number of pyridine rings is 1. The van der Waals surface area contributed by atoms with Gasteiger partial charge in [-0.05, 0) is 50.8 Å². The third-order valence-corrected chi connectivity index (χ3v) is 11.6. The van der Waals surface area contributed by atoms with Crippen LogP contribution in [0.4, 0.5) is 10.2 Å². The van der Waals surface area contributed by atoms with E-state index in [1.807, 2.05) is 0 Å². The molecule has 1 unspecified atom stereocenters. The van der Waals surface area contributed by atoms with Gasteiger partial charge in [-0.2, -0.15) is 15.1 Å². The first-order chi connectivity index (χ1) is 24.7. The topological polar surface area (TPSA) is 151 Å². The molecule has 3 aromatic heterocycles. The third kappa shape index (κ3) is 5.84. The predicted octanol–water partition coefficient (Wildman–Crippen LogP) is 3.65. The van der Waals surface area contributed by atoms with Gasteiger partial charge in [0, 0.05) is 34.0 Å². The fourth-order valence-corrected chi connectivity index (χ4v) is 8.72. The Morgan fingerprint density at radius 1 is 1.24 bits per heavy atom. The van der Waals surface area contributed by atoms with Crippen LogP contribution in [0.25, 0.3) is 33.1 Å². The molecule has 0 radical (unpaired) electrons. The normalized spacial score (nSPS) is 27.3. The number of nitrogens with one attached hydrogen (secondary N) is 1. The summed E-state index contributed by atoms with van der Waals surface area (Å²) in [6, 6.07) is 2.46. The fourth-order valence-electron chi connectivity index (χ4n) is 8.52. The number of aromatic nitrogens is 5. The van der Waals surface area contributed by atoms with Crippen LogP contribution in [-0.4, -0.2) is 124 Å². The Bertz CT molecular complexity index is 2020. The number of H-pyrrole nitrogens is 1. The Balaban J connectivity index is 1.29. The number of ether oxygens (including phenoxy) is 4. The maximum atomic E-state index is 17.3. The molecule has 3 N–H and O–H groups in total. The van der Waals surface area contributed by atoms with Crippen molar-refractivity contribution in [2.75, 3.05) is 64.7 Å². The second-order valence-corrected chi connectivity index (χ2v) is 14.7. The monoisotopic (exact) mass is 721 g/mol. The molecule has 3 saturated heterocycles. The summed E-state index contributed by atoms with van der Waals surface area (Å²) in [4.78, 5) is 18.5. The molecule has 0 bridgehead atoms. The molecular weight excluding hydrogens is 681 g/mol. The van der Waals surface area contributed by atoms with Gasteiger partial charge in [-0.25, -0.2) is 9.37 Å². The number of piperidine rings is 1. The molecule has 13 nitrogen and oxygen atoms in total. The number of aliphatic hydroxyl groups excluding tert-OH is 1. The molecule has 4 atom stereocenters. The summed E-state index contributed by atoms with van der Waals surface area (Å²) in [6.45, 7) is 4.04. The molecule has 270 valence electrons. The van der Waals surface area contributed by atoms with Gasteiger partial charge in [0.25, 0.3) is 0 Å². The Kier molecular flexibility index (Phi) is 8.93. The van der Waals surface area contributed by atoms with E-state index in [9.17, 15) is 10.2 Å². The first-order valence-electron chi connectivity index (χ1n) is 17.4. The number of nitrogens with zero attached hydrogens (tertiary/aromatic N) is 6. The van der Waals surface area contributed by atoms with Crippen molar-refractivity contribution in [1.82, 2.24) is 30.0 Å². The zero-order chi connectivity index (χ0) is 35.5. The molecule has 1 aromatic carbocycles. The van der Waals surface area contributed by atoms with Gasteiger partial charge in [-0.15, -0.1) is 6.42 Å². The highest BCUT2D eigenvalue weighted by Crippen LogP contribution is 2.49. The van der Waals surface area contributed by atoms with E-state index in [4.69, 9.17) is 46.9 Å². The van der Waals surface area contributed by atoms with Crippen LogP contribution >= 0.6 is 11.6 Å². The summed E-state index contributed by atoms with van der Waals surface area (Å²) in [5.41, 5.74) is -0.329. The molecule has 4 fully saturated rings. The maximum Gasteiger partial charge on any atom is 0.319 e. The van der Waals surface area contributed by atoms with E-state index >= 15 is 4.39 Å². The summed E-state index contributed by atoms with van der Waals surface area (Å²) < 4.78 is 41.0. The Hall–Kier alpha value is -3.84. The van der Waals surface area contributed by atoms with E-state index in [1.165, 1.54) is 7.11 Å². The standard InChI is InChI=1S/C36H41ClFN7O6/c1-4-36(47)17-44(13-22(14-46)50-19-36)32-28-31(29(38)30(40-33(28)48-3)27-20(2)24(37)11-25-23(27)12-39-43-25)41-34(42-32)51-18-35-8-5-7-26(35)45(10-6-9-35)21-15-49-16-21/h1,11-12,21-22,26,46-47H,5-10,13-19H2,2-3H3,(H,39,43)/t22-,26?,35-,36+/m1/s1. The summed E-state index contributed by atoms with van der Waals surface area (Å²) >= 11 is 6.62. The predicted molar refractivity (Wildman–Crippen MR) is 188 cm³/mol. The van der Waals surface area contributed by atoms with Crippen molar-refractivity contribution in [1.29, 1.82) is 0 Å². The van der Waals surface area contributed by atoms with Gasteiger partial charge in [0.05, 0.1) is 70.5 Å².